The van der Waals surface area contributed by atoms with E-state index in [1.807, 2.05) is 0 Å². The van der Waals surface area contributed by atoms with E-state index in [1.165, 1.54) is 23.1 Å². The summed E-state index contributed by atoms with van der Waals surface area (Å²) < 4.78 is 2.29. The molecule has 1 aromatic heterocycles. The van der Waals surface area contributed by atoms with Gasteiger partial charge in [0.05, 0.1) is 5.69 Å². The molecule has 3 aromatic rings. The van der Waals surface area contributed by atoms with Crippen molar-refractivity contribution in [3.63, 3.8) is 0 Å². The van der Waals surface area contributed by atoms with Gasteiger partial charge in [0.15, 0.2) is 0 Å². The average Bonchev–Trinajstić information content (AvgIpc) is 3.03. The standard InChI is InChI=1S/C28H34N4O/c1-21-11-13-23(14-12-21)27-30-26(25-10-3-2-6-18-32(25)27)28(33)29-16-7-17-31-19-15-22-8-4-5-9-24(22)20-31/h4-5,8-9,11-14H,2-3,6-7,10,15-20H2,1H3,(H,29,33). The number of benzene rings is 2. The van der Waals surface area contributed by atoms with Crippen LogP contribution in [-0.2, 0) is 25.9 Å². The van der Waals surface area contributed by atoms with E-state index in [2.05, 4.69) is 70.2 Å². The summed E-state index contributed by atoms with van der Waals surface area (Å²) in [6, 6.07) is 17.2. The van der Waals surface area contributed by atoms with Crippen LogP contribution in [0, 0.1) is 6.92 Å². The zero-order valence-electron chi connectivity index (χ0n) is 19.6. The number of aryl methyl sites for hydroxylation is 1. The van der Waals surface area contributed by atoms with Crippen LogP contribution in [0.15, 0.2) is 48.5 Å². The van der Waals surface area contributed by atoms with Crippen molar-refractivity contribution >= 4 is 5.91 Å². The Balaban J connectivity index is 1.23. The van der Waals surface area contributed by atoms with Gasteiger partial charge in [-0.05, 0) is 50.2 Å². The molecule has 1 amide bonds. The van der Waals surface area contributed by atoms with Crippen molar-refractivity contribution in [1.29, 1.82) is 0 Å². The molecule has 5 rings (SSSR count). The zero-order valence-corrected chi connectivity index (χ0v) is 19.6. The maximum absolute atomic E-state index is 13.1. The number of aromatic nitrogens is 2. The summed E-state index contributed by atoms with van der Waals surface area (Å²) in [5, 5.41) is 3.16. The van der Waals surface area contributed by atoms with Gasteiger partial charge >= 0.3 is 0 Å². The highest BCUT2D eigenvalue weighted by atomic mass is 16.1. The molecule has 5 nitrogen and oxygen atoms in total. The van der Waals surface area contributed by atoms with E-state index in [-0.39, 0.29) is 5.91 Å². The van der Waals surface area contributed by atoms with Crippen LogP contribution in [0.4, 0.5) is 0 Å². The molecule has 0 saturated carbocycles. The molecule has 0 atom stereocenters. The third-order valence-corrected chi connectivity index (χ3v) is 7.04. The highest BCUT2D eigenvalue weighted by molar-refractivity contribution is 5.94. The Morgan fingerprint density at radius 3 is 2.64 bits per heavy atom. The van der Waals surface area contributed by atoms with Crippen molar-refractivity contribution in [1.82, 2.24) is 19.8 Å². The first kappa shape index (κ1) is 21.9. The molecular formula is C28H34N4O. The normalized spacial score (nSPS) is 16.0. The van der Waals surface area contributed by atoms with Crippen molar-refractivity contribution in [2.24, 2.45) is 0 Å². The van der Waals surface area contributed by atoms with E-state index in [9.17, 15) is 4.79 Å². The maximum Gasteiger partial charge on any atom is 0.271 e. The Kier molecular flexibility index (Phi) is 6.58. The molecule has 2 aliphatic rings. The molecule has 0 spiro atoms. The molecule has 1 N–H and O–H groups in total. The number of nitrogens with zero attached hydrogens (tertiary/aromatic N) is 3. The number of amides is 1. The minimum atomic E-state index is -0.0250. The van der Waals surface area contributed by atoms with E-state index in [4.69, 9.17) is 4.98 Å². The smallest absolute Gasteiger partial charge is 0.271 e. The van der Waals surface area contributed by atoms with Crippen LogP contribution in [0.5, 0.6) is 0 Å². The lowest BCUT2D eigenvalue weighted by Gasteiger charge is -2.28. The van der Waals surface area contributed by atoms with Gasteiger partial charge in [0.2, 0.25) is 0 Å². The summed E-state index contributed by atoms with van der Waals surface area (Å²) >= 11 is 0. The molecule has 2 aliphatic heterocycles. The lowest BCUT2D eigenvalue weighted by atomic mass is 10.00. The Labute approximate surface area is 196 Å². The Morgan fingerprint density at radius 1 is 0.970 bits per heavy atom. The van der Waals surface area contributed by atoms with Crippen LogP contribution in [-0.4, -0.2) is 40.0 Å². The quantitative estimate of drug-likeness (QED) is 0.560. The summed E-state index contributed by atoms with van der Waals surface area (Å²) in [6.07, 6.45) is 6.46. The van der Waals surface area contributed by atoms with Crippen LogP contribution < -0.4 is 5.32 Å². The first-order valence-corrected chi connectivity index (χ1v) is 12.4. The van der Waals surface area contributed by atoms with Gasteiger partial charge in [0.1, 0.15) is 11.5 Å². The minimum absolute atomic E-state index is 0.0250. The summed E-state index contributed by atoms with van der Waals surface area (Å²) in [4.78, 5) is 20.5. The highest BCUT2D eigenvalue weighted by Gasteiger charge is 2.24. The fourth-order valence-corrected chi connectivity index (χ4v) is 5.16. The van der Waals surface area contributed by atoms with E-state index in [1.54, 1.807) is 0 Å². The van der Waals surface area contributed by atoms with Crippen molar-refractivity contribution in [3.05, 3.63) is 76.6 Å². The lowest BCUT2D eigenvalue weighted by molar-refractivity contribution is 0.0945. The van der Waals surface area contributed by atoms with E-state index in [0.717, 1.165) is 75.4 Å². The number of rotatable bonds is 6. The molecule has 0 unspecified atom stereocenters. The third-order valence-electron chi connectivity index (χ3n) is 7.04. The van der Waals surface area contributed by atoms with Crippen molar-refractivity contribution in [2.45, 2.75) is 58.5 Å². The molecule has 2 aromatic carbocycles. The maximum atomic E-state index is 13.1. The van der Waals surface area contributed by atoms with Crippen LogP contribution in [0.2, 0.25) is 0 Å². The van der Waals surface area contributed by atoms with Gasteiger partial charge in [-0.25, -0.2) is 4.98 Å². The molecule has 0 saturated heterocycles. The van der Waals surface area contributed by atoms with Crippen LogP contribution >= 0.6 is 0 Å². The number of hydrogen-bond donors (Lipinski definition) is 1. The van der Waals surface area contributed by atoms with Crippen molar-refractivity contribution in [2.75, 3.05) is 19.6 Å². The fraction of sp³-hybridized carbons (Fsp3) is 0.429. The van der Waals surface area contributed by atoms with Gasteiger partial charge in [-0.1, -0.05) is 60.5 Å². The third kappa shape index (κ3) is 4.88. The summed E-state index contributed by atoms with van der Waals surface area (Å²) in [6.45, 7) is 6.83. The highest BCUT2D eigenvalue weighted by Crippen LogP contribution is 2.27. The first-order valence-electron chi connectivity index (χ1n) is 12.4. The monoisotopic (exact) mass is 442 g/mol. The summed E-state index contributed by atoms with van der Waals surface area (Å²) in [5.41, 5.74) is 6.97. The predicted octanol–water partition coefficient (Wildman–Crippen LogP) is 4.76. The summed E-state index contributed by atoms with van der Waals surface area (Å²) in [7, 11) is 0. The van der Waals surface area contributed by atoms with Gasteiger partial charge in [0, 0.05) is 38.3 Å². The minimum Gasteiger partial charge on any atom is -0.351 e. The fourth-order valence-electron chi connectivity index (χ4n) is 5.16. The molecule has 172 valence electrons. The molecule has 3 heterocycles. The predicted molar refractivity (Wildman–Crippen MR) is 132 cm³/mol. The molecule has 33 heavy (non-hydrogen) atoms. The molecule has 5 heteroatoms. The summed E-state index contributed by atoms with van der Waals surface area (Å²) in [5.74, 6) is 0.909. The van der Waals surface area contributed by atoms with Crippen LogP contribution in [0.3, 0.4) is 0 Å². The molecule has 0 bridgehead atoms. The van der Waals surface area contributed by atoms with Gasteiger partial charge < -0.3 is 9.88 Å². The first-order chi connectivity index (χ1) is 16.2. The van der Waals surface area contributed by atoms with E-state index < -0.39 is 0 Å². The number of imidazole rings is 1. The largest absolute Gasteiger partial charge is 0.351 e. The van der Waals surface area contributed by atoms with Crippen LogP contribution in [0.1, 0.15) is 58.6 Å². The lowest BCUT2D eigenvalue weighted by Crippen LogP contribution is -2.34. The Bertz CT molecular complexity index is 1120. The molecule has 0 fully saturated rings. The Morgan fingerprint density at radius 2 is 1.79 bits per heavy atom. The number of nitrogens with one attached hydrogen (secondary N) is 1. The van der Waals surface area contributed by atoms with Gasteiger partial charge in [0.25, 0.3) is 5.91 Å². The molecule has 0 radical (unpaired) electrons. The van der Waals surface area contributed by atoms with Gasteiger partial charge in [-0.2, -0.15) is 0 Å². The second-order valence-corrected chi connectivity index (χ2v) is 9.46. The second-order valence-electron chi connectivity index (χ2n) is 9.46. The number of carbonyl (C=O) groups excluding carboxylic acids is 1. The molecular weight excluding hydrogens is 408 g/mol. The van der Waals surface area contributed by atoms with Crippen LogP contribution in [0.25, 0.3) is 11.4 Å². The van der Waals surface area contributed by atoms with Gasteiger partial charge in [-0.15, -0.1) is 0 Å². The second kappa shape index (κ2) is 9.92. The van der Waals surface area contributed by atoms with Crippen molar-refractivity contribution in [3.8, 4) is 11.4 Å². The van der Waals surface area contributed by atoms with E-state index >= 15 is 0 Å². The number of fused-ring (bicyclic) bond motifs is 2. The number of carbonyl (C=O) groups is 1. The molecule has 0 aliphatic carbocycles. The van der Waals surface area contributed by atoms with Gasteiger partial charge in [-0.3, -0.25) is 9.69 Å². The Hall–Kier alpha value is -2.92. The zero-order chi connectivity index (χ0) is 22.6. The topological polar surface area (TPSA) is 50.2 Å². The van der Waals surface area contributed by atoms with Crippen molar-refractivity contribution < 1.29 is 4.79 Å². The van der Waals surface area contributed by atoms with E-state index in [0.29, 0.717) is 12.2 Å². The SMILES string of the molecule is Cc1ccc(-c2nc(C(=O)NCCCN3CCc4ccccc4C3)c3n2CCCCC3)cc1. The average molecular weight is 443 g/mol. The number of hydrogen-bond acceptors (Lipinski definition) is 3.